The molecule has 1 aliphatic rings. The maximum absolute atomic E-state index is 12.1. The van der Waals surface area contributed by atoms with Gasteiger partial charge >= 0.3 is 0 Å². The molecule has 1 aliphatic heterocycles. The largest absolute Gasteiger partial charge is 0.297 e. The molecule has 0 aromatic heterocycles. The van der Waals surface area contributed by atoms with Crippen LogP contribution in [-0.2, 0) is 11.2 Å². The predicted molar refractivity (Wildman–Crippen MR) is 76.6 cm³/mol. The zero-order valence-electron chi connectivity index (χ0n) is 11.1. The monoisotopic (exact) mass is 258 g/mol. The molecule has 2 rings (SSSR count). The first-order chi connectivity index (χ1) is 8.46. The number of Topliss-reactive ketones (excluding diaryl/α,β-unsaturated/α-hetero) is 1. The van der Waals surface area contributed by atoms with Gasteiger partial charge in [-0.15, -0.1) is 11.8 Å². The van der Waals surface area contributed by atoms with Crippen LogP contribution < -0.4 is 0 Å². The van der Waals surface area contributed by atoms with Crippen molar-refractivity contribution in [1.29, 1.82) is 0 Å². The van der Waals surface area contributed by atoms with Crippen molar-refractivity contribution in [3.05, 3.63) is 29.8 Å². The minimum absolute atomic E-state index is 0.0218. The highest BCUT2D eigenvalue weighted by Crippen LogP contribution is 2.37. The SMILES string of the molecule is CC(C)(C)C#CCC(=O)C1Cc2ccccc2S1. The Morgan fingerprint density at radius 1 is 1.39 bits per heavy atom. The van der Waals surface area contributed by atoms with E-state index in [1.165, 1.54) is 10.5 Å². The summed E-state index contributed by atoms with van der Waals surface area (Å²) in [5.41, 5.74) is 1.27. The minimum atomic E-state index is -0.0218. The molecule has 0 fully saturated rings. The molecule has 0 aliphatic carbocycles. The van der Waals surface area contributed by atoms with Crippen molar-refractivity contribution in [3.63, 3.8) is 0 Å². The number of carbonyl (C=O) groups is 1. The van der Waals surface area contributed by atoms with Gasteiger partial charge in [-0.25, -0.2) is 0 Å². The number of thioether (sulfide) groups is 1. The first-order valence-corrected chi connectivity index (χ1v) is 7.11. The molecule has 0 amide bonds. The molecule has 0 saturated heterocycles. The van der Waals surface area contributed by atoms with E-state index in [1.54, 1.807) is 11.8 Å². The van der Waals surface area contributed by atoms with Crippen molar-refractivity contribution in [2.24, 2.45) is 5.41 Å². The van der Waals surface area contributed by atoms with Gasteiger partial charge in [0.05, 0.1) is 11.7 Å². The molecule has 0 radical (unpaired) electrons. The molecule has 1 nitrogen and oxygen atoms in total. The van der Waals surface area contributed by atoms with E-state index in [2.05, 4.69) is 44.7 Å². The maximum Gasteiger partial charge on any atom is 0.158 e. The first-order valence-electron chi connectivity index (χ1n) is 6.23. The average molecular weight is 258 g/mol. The van der Waals surface area contributed by atoms with Crippen LogP contribution >= 0.6 is 11.8 Å². The Hall–Kier alpha value is -1.20. The third-order valence-electron chi connectivity index (χ3n) is 2.73. The Kier molecular flexibility index (Phi) is 3.82. The fourth-order valence-corrected chi connectivity index (χ4v) is 3.12. The molecule has 1 aromatic carbocycles. The van der Waals surface area contributed by atoms with Crippen LogP contribution in [0.1, 0.15) is 32.8 Å². The molecule has 1 atom stereocenters. The lowest BCUT2D eigenvalue weighted by Gasteiger charge is -2.07. The average Bonchev–Trinajstić information content (AvgIpc) is 2.70. The second-order valence-corrected chi connectivity index (χ2v) is 6.86. The van der Waals surface area contributed by atoms with Gasteiger partial charge < -0.3 is 0 Å². The Morgan fingerprint density at radius 2 is 2.11 bits per heavy atom. The van der Waals surface area contributed by atoms with Gasteiger partial charge in [0.25, 0.3) is 0 Å². The third-order valence-corrected chi connectivity index (χ3v) is 4.10. The summed E-state index contributed by atoms with van der Waals surface area (Å²) >= 11 is 1.68. The maximum atomic E-state index is 12.1. The molecule has 2 heteroatoms. The van der Waals surface area contributed by atoms with Gasteiger partial charge in [0, 0.05) is 10.3 Å². The summed E-state index contributed by atoms with van der Waals surface area (Å²) in [4.78, 5) is 13.3. The molecule has 0 saturated carbocycles. The van der Waals surface area contributed by atoms with Crippen LogP contribution in [0.5, 0.6) is 0 Å². The minimum Gasteiger partial charge on any atom is -0.297 e. The molecule has 1 unspecified atom stereocenters. The van der Waals surface area contributed by atoms with E-state index in [-0.39, 0.29) is 16.4 Å². The lowest BCUT2D eigenvalue weighted by molar-refractivity contribution is -0.117. The molecule has 0 spiro atoms. The van der Waals surface area contributed by atoms with Crippen molar-refractivity contribution >= 4 is 17.5 Å². The highest BCUT2D eigenvalue weighted by atomic mass is 32.2. The summed E-state index contributed by atoms with van der Waals surface area (Å²) in [5.74, 6) is 6.39. The van der Waals surface area contributed by atoms with Crippen LogP contribution in [0.2, 0.25) is 0 Å². The second-order valence-electron chi connectivity index (χ2n) is 5.61. The van der Waals surface area contributed by atoms with E-state index in [9.17, 15) is 4.79 Å². The second kappa shape index (κ2) is 5.20. The molecule has 94 valence electrons. The first kappa shape index (κ1) is 13.2. The number of hydrogen-bond acceptors (Lipinski definition) is 2. The predicted octanol–water partition coefficient (Wildman–Crippen LogP) is 3.71. The van der Waals surface area contributed by atoms with Crippen LogP contribution in [-0.4, -0.2) is 11.0 Å². The smallest absolute Gasteiger partial charge is 0.158 e. The van der Waals surface area contributed by atoms with Crippen molar-refractivity contribution < 1.29 is 4.79 Å². The number of ketones is 1. The summed E-state index contributed by atoms with van der Waals surface area (Å²) in [7, 11) is 0. The summed E-state index contributed by atoms with van der Waals surface area (Å²) in [6.45, 7) is 6.18. The van der Waals surface area contributed by atoms with Gasteiger partial charge in [-0.1, -0.05) is 30.0 Å². The number of rotatable bonds is 2. The molecule has 1 heterocycles. The Bertz CT molecular complexity index is 489. The lowest BCUT2D eigenvalue weighted by Crippen LogP contribution is -2.15. The van der Waals surface area contributed by atoms with E-state index < -0.39 is 0 Å². The van der Waals surface area contributed by atoms with Crippen molar-refractivity contribution in [2.75, 3.05) is 0 Å². The molecule has 0 N–H and O–H groups in total. The third kappa shape index (κ3) is 3.40. The topological polar surface area (TPSA) is 17.1 Å². The van der Waals surface area contributed by atoms with E-state index in [0.29, 0.717) is 6.42 Å². The Labute approximate surface area is 113 Å². The normalized spacial score (nSPS) is 17.8. The van der Waals surface area contributed by atoms with Crippen molar-refractivity contribution in [1.82, 2.24) is 0 Å². The number of benzene rings is 1. The summed E-state index contributed by atoms with van der Waals surface area (Å²) in [6, 6.07) is 8.26. The summed E-state index contributed by atoms with van der Waals surface area (Å²) in [5, 5.41) is 0.0664. The number of hydrogen-bond donors (Lipinski definition) is 0. The summed E-state index contributed by atoms with van der Waals surface area (Å²) in [6.07, 6.45) is 1.24. The highest BCUT2D eigenvalue weighted by molar-refractivity contribution is 8.01. The fraction of sp³-hybridized carbons (Fsp3) is 0.438. The van der Waals surface area contributed by atoms with Crippen LogP contribution in [0.15, 0.2) is 29.2 Å². The number of fused-ring (bicyclic) bond motifs is 1. The number of carbonyl (C=O) groups excluding carboxylic acids is 1. The Balaban J connectivity index is 1.95. The molecule has 18 heavy (non-hydrogen) atoms. The van der Waals surface area contributed by atoms with Crippen molar-refractivity contribution in [2.45, 2.75) is 43.8 Å². The Morgan fingerprint density at radius 3 is 2.78 bits per heavy atom. The van der Waals surface area contributed by atoms with Gasteiger partial charge in [-0.05, 0) is 38.8 Å². The zero-order chi connectivity index (χ0) is 13.2. The van der Waals surface area contributed by atoms with Crippen LogP contribution in [0, 0.1) is 17.3 Å². The van der Waals surface area contributed by atoms with Crippen LogP contribution in [0.3, 0.4) is 0 Å². The lowest BCUT2D eigenvalue weighted by atomic mass is 9.97. The quantitative estimate of drug-likeness (QED) is 0.752. The molecule has 1 aromatic rings. The van der Waals surface area contributed by atoms with Gasteiger partial charge in [-0.2, -0.15) is 0 Å². The van der Waals surface area contributed by atoms with Gasteiger partial charge in [0.2, 0.25) is 0 Å². The van der Waals surface area contributed by atoms with E-state index in [1.807, 2.05) is 12.1 Å². The highest BCUT2D eigenvalue weighted by Gasteiger charge is 2.26. The molecular formula is C16H18OS. The fourth-order valence-electron chi connectivity index (χ4n) is 1.87. The van der Waals surface area contributed by atoms with Gasteiger partial charge in [0.1, 0.15) is 0 Å². The molecular weight excluding hydrogens is 240 g/mol. The van der Waals surface area contributed by atoms with Crippen LogP contribution in [0.4, 0.5) is 0 Å². The van der Waals surface area contributed by atoms with Crippen LogP contribution in [0.25, 0.3) is 0 Å². The summed E-state index contributed by atoms with van der Waals surface area (Å²) < 4.78 is 0. The standard InChI is InChI=1S/C16H18OS/c1-16(2,3)10-6-8-13(17)15-11-12-7-4-5-9-14(12)18-15/h4-5,7,9,15H,8,11H2,1-3H3. The van der Waals surface area contributed by atoms with E-state index >= 15 is 0 Å². The zero-order valence-corrected chi connectivity index (χ0v) is 11.9. The van der Waals surface area contributed by atoms with E-state index in [0.717, 1.165) is 6.42 Å². The molecule has 0 bridgehead atoms. The van der Waals surface area contributed by atoms with Gasteiger partial charge in [-0.3, -0.25) is 4.79 Å². The van der Waals surface area contributed by atoms with E-state index in [4.69, 9.17) is 0 Å². The van der Waals surface area contributed by atoms with Crippen molar-refractivity contribution in [3.8, 4) is 11.8 Å². The van der Waals surface area contributed by atoms with Gasteiger partial charge in [0.15, 0.2) is 5.78 Å².